The van der Waals surface area contributed by atoms with Crippen LogP contribution in [0.15, 0.2) is 28.7 Å². The van der Waals surface area contributed by atoms with Crippen molar-refractivity contribution in [3.8, 4) is 11.5 Å². The van der Waals surface area contributed by atoms with Crippen LogP contribution in [0.25, 0.3) is 11.5 Å². The Kier molecular flexibility index (Phi) is 4.34. The van der Waals surface area contributed by atoms with E-state index in [1.54, 1.807) is 0 Å². The van der Waals surface area contributed by atoms with E-state index in [0.717, 1.165) is 29.9 Å². The summed E-state index contributed by atoms with van der Waals surface area (Å²) in [5, 5.41) is 8.41. The molecular formula is C19H21N3O3. The van der Waals surface area contributed by atoms with Gasteiger partial charge in [0.2, 0.25) is 23.6 Å². The van der Waals surface area contributed by atoms with Crippen LogP contribution in [0.3, 0.4) is 0 Å². The van der Waals surface area contributed by atoms with Gasteiger partial charge in [0.1, 0.15) is 0 Å². The number of nitrogens with zero attached hydrogens (tertiary/aromatic N) is 3. The summed E-state index contributed by atoms with van der Waals surface area (Å²) in [6, 6.07) is 7.61. The lowest BCUT2D eigenvalue weighted by molar-refractivity contribution is -0.139. The first kappa shape index (κ1) is 16.0. The molecule has 2 aromatic rings. The largest absolute Gasteiger partial charge is 0.420 e. The molecule has 1 aliphatic heterocycles. The van der Waals surface area contributed by atoms with Crippen LogP contribution in [0, 0.1) is 0 Å². The number of likely N-dealkylation sites (tertiary alicyclic amines) is 1. The van der Waals surface area contributed by atoms with Gasteiger partial charge in [-0.05, 0) is 30.5 Å². The summed E-state index contributed by atoms with van der Waals surface area (Å²) in [5.41, 5.74) is 1.77. The van der Waals surface area contributed by atoms with Crippen LogP contribution < -0.4 is 0 Å². The van der Waals surface area contributed by atoms with Gasteiger partial charge in [0.15, 0.2) is 0 Å². The Morgan fingerprint density at radius 2 is 1.64 bits per heavy atom. The normalized spacial score (nSPS) is 19.0. The molecule has 0 spiro atoms. The van der Waals surface area contributed by atoms with E-state index in [4.69, 9.17) is 4.42 Å². The summed E-state index contributed by atoms with van der Waals surface area (Å²) in [7, 11) is 0. The first-order chi connectivity index (χ1) is 12.2. The van der Waals surface area contributed by atoms with E-state index < -0.39 is 0 Å². The molecule has 0 atom stereocenters. The number of benzene rings is 1. The smallest absolute Gasteiger partial charge is 0.247 e. The molecule has 130 valence electrons. The fraction of sp³-hybridized carbons (Fsp3) is 0.474. The lowest BCUT2D eigenvalue weighted by Gasteiger charge is -2.17. The van der Waals surface area contributed by atoms with Crippen molar-refractivity contribution in [1.82, 2.24) is 15.1 Å². The van der Waals surface area contributed by atoms with Crippen molar-refractivity contribution < 1.29 is 14.0 Å². The fourth-order valence-electron chi connectivity index (χ4n) is 3.60. The van der Waals surface area contributed by atoms with Crippen molar-refractivity contribution in [1.29, 1.82) is 0 Å². The third-order valence-electron chi connectivity index (χ3n) is 5.09. The molecule has 1 aromatic heterocycles. The minimum atomic E-state index is -0.0944. The molecule has 2 aliphatic rings. The number of hydrogen-bond donors (Lipinski definition) is 0. The Morgan fingerprint density at radius 3 is 2.32 bits per heavy atom. The number of carbonyl (C=O) groups excluding carboxylic acids is 2. The predicted octanol–water partition coefficient (Wildman–Crippen LogP) is 3.43. The maximum Gasteiger partial charge on any atom is 0.247 e. The highest BCUT2D eigenvalue weighted by molar-refractivity contribution is 6.01. The zero-order valence-electron chi connectivity index (χ0n) is 14.1. The highest BCUT2D eigenvalue weighted by Crippen LogP contribution is 2.33. The van der Waals surface area contributed by atoms with E-state index in [2.05, 4.69) is 10.2 Å². The Labute approximate surface area is 146 Å². The van der Waals surface area contributed by atoms with E-state index in [9.17, 15) is 9.59 Å². The summed E-state index contributed by atoms with van der Waals surface area (Å²) in [6.45, 7) is 0.328. The lowest BCUT2D eigenvalue weighted by Crippen LogP contribution is -2.28. The van der Waals surface area contributed by atoms with Gasteiger partial charge in [-0.15, -0.1) is 10.2 Å². The molecule has 1 aromatic carbocycles. The monoisotopic (exact) mass is 339 g/mol. The Bertz CT molecular complexity index is 759. The Morgan fingerprint density at radius 1 is 0.960 bits per heavy atom. The second-order valence-corrected chi connectivity index (χ2v) is 6.85. The SMILES string of the molecule is O=C1CCC(=O)N1Cc1ccc(-c2nnc(C3CCCCC3)o2)cc1. The molecule has 1 saturated carbocycles. The molecular weight excluding hydrogens is 318 g/mol. The second kappa shape index (κ2) is 6.78. The van der Waals surface area contributed by atoms with E-state index in [0.29, 0.717) is 31.2 Å². The number of imide groups is 1. The summed E-state index contributed by atoms with van der Waals surface area (Å²) >= 11 is 0. The van der Waals surface area contributed by atoms with Crippen LogP contribution in [-0.4, -0.2) is 26.9 Å². The molecule has 1 aliphatic carbocycles. The molecule has 6 nitrogen and oxygen atoms in total. The van der Waals surface area contributed by atoms with E-state index in [1.807, 2.05) is 24.3 Å². The van der Waals surface area contributed by atoms with E-state index in [1.165, 1.54) is 24.2 Å². The fourth-order valence-corrected chi connectivity index (χ4v) is 3.60. The molecule has 2 heterocycles. The van der Waals surface area contributed by atoms with Gasteiger partial charge in [-0.25, -0.2) is 0 Å². The number of amides is 2. The topological polar surface area (TPSA) is 76.3 Å². The summed E-state index contributed by atoms with van der Waals surface area (Å²) in [5.74, 6) is 1.47. The zero-order chi connectivity index (χ0) is 17.2. The van der Waals surface area contributed by atoms with Gasteiger partial charge in [-0.2, -0.15) is 0 Å². The minimum absolute atomic E-state index is 0.0944. The molecule has 0 bridgehead atoms. The van der Waals surface area contributed by atoms with E-state index in [-0.39, 0.29) is 11.8 Å². The highest BCUT2D eigenvalue weighted by Gasteiger charge is 2.28. The average molecular weight is 339 g/mol. The summed E-state index contributed by atoms with van der Waals surface area (Å²) in [4.78, 5) is 24.7. The molecule has 0 N–H and O–H groups in total. The number of hydrogen-bond acceptors (Lipinski definition) is 5. The van der Waals surface area contributed by atoms with Crippen LogP contribution in [0.2, 0.25) is 0 Å². The van der Waals surface area contributed by atoms with Gasteiger partial charge in [0.05, 0.1) is 6.54 Å². The van der Waals surface area contributed by atoms with Gasteiger partial charge >= 0.3 is 0 Å². The van der Waals surface area contributed by atoms with E-state index >= 15 is 0 Å². The predicted molar refractivity (Wildman–Crippen MR) is 90.4 cm³/mol. The molecule has 4 rings (SSSR count). The van der Waals surface area contributed by atoms with Crippen molar-refractivity contribution in [3.63, 3.8) is 0 Å². The van der Waals surface area contributed by atoms with Gasteiger partial charge in [0.25, 0.3) is 0 Å². The van der Waals surface area contributed by atoms with Crippen molar-refractivity contribution in [2.75, 3.05) is 0 Å². The average Bonchev–Trinajstić information content (AvgIpc) is 3.26. The Balaban J connectivity index is 1.46. The van der Waals surface area contributed by atoms with Gasteiger partial charge < -0.3 is 4.42 Å². The molecule has 25 heavy (non-hydrogen) atoms. The van der Waals surface area contributed by atoms with Crippen molar-refractivity contribution >= 4 is 11.8 Å². The number of aromatic nitrogens is 2. The molecule has 2 amide bonds. The van der Waals surface area contributed by atoms with Gasteiger partial charge in [0, 0.05) is 24.3 Å². The third kappa shape index (κ3) is 3.34. The molecule has 2 fully saturated rings. The first-order valence-corrected chi connectivity index (χ1v) is 8.96. The minimum Gasteiger partial charge on any atom is -0.420 e. The maximum absolute atomic E-state index is 11.7. The van der Waals surface area contributed by atoms with Gasteiger partial charge in [-0.3, -0.25) is 14.5 Å². The molecule has 0 radical (unpaired) electrons. The highest BCUT2D eigenvalue weighted by atomic mass is 16.4. The second-order valence-electron chi connectivity index (χ2n) is 6.85. The van der Waals surface area contributed by atoms with Crippen LogP contribution in [0.1, 0.15) is 62.3 Å². The van der Waals surface area contributed by atoms with Crippen LogP contribution in [0.4, 0.5) is 0 Å². The van der Waals surface area contributed by atoms with Gasteiger partial charge in [-0.1, -0.05) is 31.4 Å². The van der Waals surface area contributed by atoms with Crippen LogP contribution >= 0.6 is 0 Å². The maximum atomic E-state index is 11.7. The van der Waals surface area contributed by atoms with Crippen molar-refractivity contribution in [2.24, 2.45) is 0 Å². The first-order valence-electron chi connectivity index (χ1n) is 8.96. The summed E-state index contributed by atoms with van der Waals surface area (Å²) < 4.78 is 5.88. The lowest BCUT2D eigenvalue weighted by atomic mass is 9.89. The number of rotatable bonds is 4. The van der Waals surface area contributed by atoms with Crippen LogP contribution in [-0.2, 0) is 16.1 Å². The van der Waals surface area contributed by atoms with Crippen molar-refractivity contribution in [3.05, 3.63) is 35.7 Å². The van der Waals surface area contributed by atoms with Crippen LogP contribution in [0.5, 0.6) is 0 Å². The Hall–Kier alpha value is -2.50. The summed E-state index contributed by atoms with van der Waals surface area (Å²) in [6.07, 6.45) is 6.64. The molecule has 0 unspecified atom stereocenters. The molecule has 6 heteroatoms. The quantitative estimate of drug-likeness (QED) is 0.798. The zero-order valence-corrected chi connectivity index (χ0v) is 14.1. The molecule has 1 saturated heterocycles. The van der Waals surface area contributed by atoms with Crippen molar-refractivity contribution in [2.45, 2.75) is 57.4 Å². The standard InChI is InChI=1S/C19H21N3O3/c23-16-10-11-17(24)22(16)12-13-6-8-15(9-7-13)19-21-20-18(25-19)14-4-2-1-3-5-14/h6-9,14H,1-5,10-12H2. The number of carbonyl (C=O) groups is 2. The third-order valence-corrected chi connectivity index (χ3v) is 5.09.